The molecule has 0 radical (unpaired) electrons. The molecule has 80 valence electrons. The third kappa shape index (κ3) is 1.99. The maximum atomic E-state index is 10.6. The van der Waals surface area contributed by atoms with Crippen molar-refractivity contribution in [2.45, 2.75) is 47.0 Å². The van der Waals surface area contributed by atoms with E-state index in [9.17, 15) is 4.79 Å². The molecular weight excluding hydrogens is 176 g/mol. The Bertz CT molecular complexity index is 274. The van der Waals surface area contributed by atoms with Gasteiger partial charge in [-0.1, -0.05) is 31.9 Å². The number of carbonyl (C=O) groups is 1. The third-order valence-electron chi connectivity index (χ3n) is 3.77. The van der Waals surface area contributed by atoms with Gasteiger partial charge in [-0.15, -0.1) is 0 Å². The second-order valence-corrected chi connectivity index (χ2v) is 4.99. The van der Waals surface area contributed by atoms with Crippen LogP contribution in [-0.2, 0) is 4.79 Å². The molecule has 1 saturated carbocycles. The lowest BCUT2D eigenvalue weighted by atomic mass is 9.78. The highest BCUT2D eigenvalue weighted by Crippen LogP contribution is 2.48. The monoisotopic (exact) mass is 196 g/mol. The molecule has 0 aliphatic heterocycles. The Kier molecular flexibility index (Phi) is 3.03. The van der Waals surface area contributed by atoms with Crippen LogP contribution in [0.4, 0.5) is 0 Å². The summed E-state index contributed by atoms with van der Waals surface area (Å²) >= 11 is 0. The molecule has 14 heavy (non-hydrogen) atoms. The molecule has 2 heteroatoms. The quantitative estimate of drug-likeness (QED) is 0.688. The van der Waals surface area contributed by atoms with Crippen LogP contribution in [-0.4, -0.2) is 11.1 Å². The van der Waals surface area contributed by atoms with Crippen molar-refractivity contribution in [3.63, 3.8) is 0 Å². The predicted octanol–water partition coefficient (Wildman–Crippen LogP) is 3.23. The van der Waals surface area contributed by atoms with E-state index in [-0.39, 0.29) is 11.8 Å². The van der Waals surface area contributed by atoms with Crippen LogP contribution in [0.3, 0.4) is 0 Å². The number of hydrogen-bond donors (Lipinski definition) is 1. The van der Waals surface area contributed by atoms with Crippen LogP contribution in [0.1, 0.15) is 47.0 Å². The Morgan fingerprint density at radius 1 is 1.57 bits per heavy atom. The van der Waals surface area contributed by atoms with E-state index in [4.69, 9.17) is 5.11 Å². The van der Waals surface area contributed by atoms with Crippen LogP contribution in [0, 0.1) is 11.3 Å². The van der Waals surface area contributed by atoms with Gasteiger partial charge in [-0.3, -0.25) is 4.79 Å². The molecule has 1 fully saturated rings. The van der Waals surface area contributed by atoms with Crippen molar-refractivity contribution in [2.24, 2.45) is 11.3 Å². The lowest BCUT2D eigenvalue weighted by Crippen LogP contribution is -2.17. The summed E-state index contributed by atoms with van der Waals surface area (Å²) in [6.45, 7) is 8.67. The largest absolute Gasteiger partial charge is 0.481 e. The fraction of sp³-hybridized carbons (Fsp3) is 0.750. The first-order valence-corrected chi connectivity index (χ1v) is 5.26. The van der Waals surface area contributed by atoms with Crippen molar-refractivity contribution in [1.29, 1.82) is 0 Å². The lowest BCUT2D eigenvalue weighted by Gasteiger charge is -2.27. The maximum Gasteiger partial charge on any atom is 0.307 e. The smallest absolute Gasteiger partial charge is 0.307 e. The van der Waals surface area contributed by atoms with Gasteiger partial charge in [0.05, 0.1) is 6.42 Å². The molecule has 0 heterocycles. The first-order chi connectivity index (χ1) is 6.35. The van der Waals surface area contributed by atoms with Crippen LogP contribution in [0.2, 0.25) is 0 Å². The van der Waals surface area contributed by atoms with Gasteiger partial charge in [-0.05, 0) is 31.1 Å². The van der Waals surface area contributed by atoms with Crippen LogP contribution >= 0.6 is 0 Å². The summed E-state index contributed by atoms with van der Waals surface area (Å²) in [7, 11) is 0. The van der Waals surface area contributed by atoms with E-state index in [0.29, 0.717) is 5.92 Å². The van der Waals surface area contributed by atoms with Crippen LogP contribution < -0.4 is 0 Å². The van der Waals surface area contributed by atoms with Gasteiger partial charge in [0.15, 0.2) is 0 Å². The molecule has 0 bridgehead atoms. The zero-order valence-electron chi connectivity index (χ0n) is 9.55. The summed E-state index contributed by atoms with van der Waals surface area (Å²) in [5.41, 5.74) is 2.62. The molecule has 2 nitrogen and oxygen atoms in total. The SMILES string of the molecule is C/C(CC(=O)O)=C1/CCC(C)C1(C)C. The fourth-order valence-corrected chi connectivity index (χ4v) is 2.44. The number of rotatable bonds is 2. The average molecular weight is 196 g/mol. The number of hydrogen-bond acceptors (Lipinski definition) is 1. The highest BCUT2D eigenvalue weighted by molar-refractivity contribution is 5.70. The summed E-state index contributed by atoms with van der Waals surface area (Å²) in [6, 6.07) is 0. The first-order valence-electron chi connectivity index (χ1n) is 5.26. The van der Waals surface area contributed by atoms with Crippen molar-refractivity contribution in [1.82, 2.24) is 0 Å². The van der Waals surface area contributed by atoms with Crippen LogP contribution in [0.5, 0.6) is 0 Å². The second kappa shape index (κ2) is 3.76. The topological polar surface area (TPSA) is 37.3 Å². The van der Waals surface area contributed by atoms with Gasteiger partial charge in [0, 0.05) is 0 Å². The summed E-state index contributed by atoms with van der Waals surface area (Å²) in [4.78, 5) is 10.6. The van der Waals surface area contributed by atoms with Gasteiger partial charge in [0.2, 0.25) is 0 Å². The van der Waals surface area contributed by atoms with Crippen LogP contribution in [0.15, 0.2) is 11.1 Å². The van der Waals surface area contributed by atoms with Crippen molar-refractivity contribution < 1.29 is 9.90 Å². The van der Waals surface area contributed by atoms with E-state index < -0.39 is 5.97 Å². The van der Waals surface area contributed by atoms with Crippen molar-refractivity contribution >= 4 is 5.97 Å². The van der Waals surface area contributed by atoms with E-state index in [2.05, 4.69) is 20.8 Å². The van der Waals surface area contributed by atoms with Crippen LogP contribution in [0.25, 0.3) is 0 Å². The van der Waals surface area contributed by atoms with E-state index in [1.165, 1.54) is 12.0 Å². The van der Waals surface area contributed by atoms with Gasteiger partial charge >= 0.3 is 5.97 Å². The summed E-state index contributed by atoms with van der Waals surface area (Å²) in [5.74, 6) is -0.0494. The molecule has 1 aliphatic rings. The first kappa shape index (κ1) is 11.3. The Labute approximate surface area is 86.0 Å². The summed E-state index contributed by atoms with van der Waals surface area (Å²) < 4.78 is 0. The molecule has 0 saturated heterocycles. The zero-order chi connectivity index (χ0) is 10.9. The van der Waals surface area contributed by atoms with Gasteiger partial charge in [-0.2, -0.15) is 0 Å². The number of aliphatic carboxylic acids is 1. The molecular formula is C12H20O2. The Balaban J connectivity index is 2.92. The highest BCUT2D eigenvalue weighted by Gasteiger charge is 2.36. The Hall–Kier alpha value is -0.790. The van der Waals surface area contributed by atoms with E-state index in [1.54, 1.807) is 0 Å². The normalized spacial score (nSPS) is 29.0. The van der Waals surface area contributed by atoms with Crippen molar-refractivity contribution in [3.8, 4) is 0 Å². The molecule has 0 aromatic rings. The third-order valence-corrected chi connectivity index (χ3v) is 3.77. The molecule has 1 unspecified atom stereocenters. The van der Waals surface area contributed by atoms with Gasteiger partial charge in [0.25, 0.3) is 0 Å². The molecule has 0 amide bonds. The fourth-order valence-electron chi connectivity index (χ4n) is 2.44. The highest BCUT2D eigenvalue weighted by atomic mass is 16.4. The summed E-state index contributed by atoms with van der Waals surface area (Å²) in [6.07, 6.45) is 2.47. The number of carboxylic acid groups (broad SMARTS) is 1. The summed E-state index contributed by atoms with van der Waals surface area (Å²) in [5, 5.41) is 8.75. The molecule has 1 aliphatic carbocycles. The molecule has 1 rings (SSSR count). The number of carboxylic acids is 1. The predicted molar refractivity (Wildman–Crippen MR) is 57.1 cm³/mol. The van der Waals surface area contributed by atoms with E-state index in [1.807, 2.05) is 6.92 Å². The standard InChI is InChI=1S/C12H20O2/c1-8(7-11(13)14)10-6-5-9(2)12(10,3)4/h9H,5-7H2,1-4H3,(H,13,14)/b10-8+. The molecule has 1 N–H and O–H groups in total. The average Bonchev–Trinajstić information content (AvgIpc) is 2.26. The Morgan fingerprint density at radius 3 is 2.50 bits per heavy atom. The van der Waals surface area contributed by atoms with E-state index in [0.717, 1.165) is 12.0 Å². The Morgan fingerprint density at radius 2 is 2.14 bits per heavy atom. The van der Waals surface area contributed by atoms with Gasteiger partial charge in [-0.25, -0.2) is 0 Å². The minimum Gasteiger partial charge on any atom is -0.481 e. The zero-order valence-corrected chi connectivity index (χ0v) is 9.55. The maximum absolute atomic E-state index is 10.6. The molecule has 0 aromatic heterocycles. The van der Waals surface area contributed by atoms with Crippen molar-refractivity contribution in [2.75, 3.05) is 0 Å². The van der Waals surface area contributed by atoms with Gasteiger partial charge in [0.1, 0.15) is 0 Å². The van der Waals surface area contributed by atoms with E-state index >= 15 is 0 Å². The minimum atomic E-state index is -0.717. The van der Waals surface area contributed by atoms with Gasteiger partial charge < -0.3 is 5.11 Å². The molecule has 1 atom stereocenters. The molecule has 0 spiro atoms. The van der Waals surface area contributed by atoms with Crippen molar-refractivity contribution in [3.05, 3.63) is 11.1 Å². The second-order valence-electron chi connectivity index (χ2n) is 4.99. The molecule has 0 aromatic carbocycles. The minimum absolute atomic E-state index is 0.194. The number of allylic oxidation sites excluding steroid dienone is 1. The lowest BCUT2D eigenvalue weighted by molar-refractivity contribution is -0.136.